The van der Waals surface area contributed by atoms with Gasteiger partial charge in [-0.25, -0.2) is 9.97 Å². The minimum atomic E-state index is -0.218. The van der Waals surface area contributed by atoms with E-state index in [0.29, 0.717) is 28.7 Å². The lowest BCUT2D eigenvalue weighted by atomic mass is 10.1. The second-order valence-electron chi connectivity index (χ2n) is 7.01. The van der Waals surface area contributed by atoms with E-state index in [1.807, 2.05) is 66.7 Å². The number of nitrogens with one attached hydrogen (secondary N) is 1. The highest BCUT2D eigenvalue weighted by Gasteiger charge is 2.17. The number of pyridine rings is 2. The van der Waals surface area contributed by atoms with Crippen molar-refractivity contribution in [2.75, 3.05) is 0 Å². The summed E-state index contributed by atoms with van der Waals surface area (Å²) in [6.45, 7) is 0.440. The van der Waals surface area contributed by atoms with Gasteiger partial charge in [0.1, 0.15) is 5.52 Å². The van der Waals surface area contributed by atoms with Crippen LogP contribution >= 0.6 is 11.3 Å². The van der Waals surface area contributed by atoms with E-state index in [4.69, 9.17) is 4.74 Å². The largest absolute Gasteiger partial charge is 0.437 e. The van der Waals surface area contributed by atoms with Gasteiger partial charge in [0.2, 0.25) is 5.88 Å². The molecule has 0 spiro atoms. The van der Waals surface area contributed by atoms with E-state index in [2.05, 4.69) is 20.3 Å². The number of aromatic nitrogens is 3. The van der Waals surface area contributed by atoms with E-state index < -0.39 is 0 Å². The molecule has 0 aliphatic rings. The van der Waals surface area contributed by atoms with Gasteiger partial charge in [-0.15, -0.1) is 11.3 Å². The van der Waals surface area contributed by atoms with Gasteiger partial charge in [-0.1, -0.05) is 36.4 Å². The highest BCUT2D eigenvalue weighted by atomic mass is 32.1. The van der Waals surface area contributed by atoms with Gasteiger partial charge in [0, 0.05) is 31.2 Å². The molecule has 0 fully saturated rings. The van der Waals surface area contributed by atoms with E-state index in [1.165, 1.54) is 11.3 Å². The number of hydrogen-bond acceptors (Lipinski definition) is 6. The third-order valence-electron chi connectivity index (χ3n) is 4.82. The molecule has 0 bridgehead atoms. The molecule has 5 aromatic rings. The van der Waals surface area contributed by atoms with Crippen LogP contribution in [-0.2, 0) is 6.54 Å². The molecule has 156 valence electrons. The van der Waals surface area contributed by atoms with Crippen LogP contribution in [0.2, 0.25) is 0 Å². The number of hydrogen-bond donors (Lipinski definition) is 1. The third-order valence-corrected chi connectivity index (χ3v) is 5.82. The SMILES string of the molecule is O=C(NCc1ccccc1)c1nc2c(Oc3ccccn3)cc(-c3ccncc3)cc2s1. The Bertz CT molecular complexity index is 1360. The molecule has 7 heteroatoms. The molecule has 32 heavy (non-hydrogen) atoms. The van der Waals surface area contributed by atoms with Crippen LogP contribution in [0.3, 0.4) is 0 Å². The van der Waals surface area contributed by atoms with Crippen molar-refractivity contribution in [3.8, 4) is 22.8 Å². The van der Waals surface area contributed by atoms with Crippen LogP contribution < -0.4 is 10.1 Å². The van der Waals surface area contributed by atoms with Crippen LogP contribution in [0.4, 0.5) is 0 Å². The van der Waals surface area contributed by atoms with Gasteiger partial charge in [-0.2, -0.15) is 0 Å². The van der Waals surface area contributed by atoms with E-state index >= 15 is 0 Å². The van der Waals surface area contributed by atoms with Gasteiger partial charge in [-0.05, 0) is 47.0 Å². The number of rotatable bonds is 6. The monoisotopic (exact) mass is 438 g/mol. The fraction of sp³-hybridized carbons (Fsp3) is 0.0400. The van der Waals surface area contributed by atoms with Crippen LogP contribution in [0.5, 0.6) is 11.6 Å². The summed E-state index contributed by atoms with van der Waals surface area (Å²) < 4.78 is 6.92. The fourth-order valence-electron chi connectivity index (χ4n) is 3.26. The van der Waals surface area contributed by atoms with Crippen LogP contribution in [0.25, 0.3) is 21.3 Å². The first-order valence-corrected chi connectivity index (χ1v) is 10.8. The Balaban J connectivity index is 1.51. The van der Waals surface area contributed by atoms with E-state index in [1.54, 1.807) is 24.7 Å². The molecule has 1 N–H and O–H groups in total. The number of carbonyl (C=O) groups excluding carboxylic acids is 1. The quantitative estimate of drug-likeness (QED) is 0.380. The van der Waals surface area contributed by atoms with Gasteiger partial charge in [0.25, 0.3) is 5.91 Å². The summed E-state index contributed by atoms with van der Waals surface area (Å²) in [5, 5.41) is 3.32. The molecule has 0 radical (unpaired) electrons. The summed E-state index contributed by atoms with van der Waals surface area (Å²) >= 11 is 1.33. The van der Waals surface area contributed by atoms with Gasteiger partial charge in [0.05, 0.1) is 4.70 Å². The number of carbonyl (C=O) groups is 1. The molecule has 0 saturated carbocycles. The standard InChI is InChI=1S/C25H18N4O2S/c30-24(28-16-17-6-2-1-3-7-17)25-29-23-20(31-22-8-4-5-11-27-22)14-19(15-21(23)32-25)18-9-12-26-13-10-18/h1-15H,16H2,(H,28,30). The lowest BCUT2D eigenvalue weighted by Gasteiger charge is -2.08. The Morgan fingerprint density at radius 2 is 1.72 bits per heavy atom. The Morgan fingerprint density at radius 1 is 0.906 bits per heavy atom. The Labute approximate surface area is 188 Å². The first-order valence-electron chi connectivity index (χ1n) is 10.0. The van der Waals surface area contributed by atoms with Crippen LogP contribution in [-0.4, -0.2) is 20.9 Å². The van der Waals surface area contributed by atoms with Crippen molar-refractivity contribution in [3.05, 3.63) is 102 Å². The van der Waals surface area contributed by atoms with Crippen molar-refractivity contribution in [2.45, 2.75) is 6.54 Å². The first kappa shape index (κ1) is 19.8. The van der Waals surface area contributed by atoms with Gasteiger partial charge in [0.15, 0.2) is 10.8 Å². The predicted octanol–water partition coefficient (Wildman–Crippen LogP) is 5.48. The second-order valence-corrected chi connectivity index (χ2v) is 8.04. The minimum Gasteiger partial charge on any atom is -0.437 e. The molecule has 5 rings (SSSR count). The smallest absolute Gasteiger partial charge is 0.280 e. The van der Waals surface area contributed by atoms with Crippen LogP contribution in [0.15, 0.2) is 91.4 Å². The summed E-state index contributed by atoms with van der Waals surface area (Å²) in [5.74, 6) is 0.791. The third kappa shape index (κ3) is 4.33. The highest BCUT2D eigenvalue weighted by molar-refractivity contribution is 7.20. The second kappa shape index (κ2) is 8.95. The Morgan fingerprint density at radius 3 is 2.50 bits per heavy atom. The Hall–Kier alpha value is -4.10. The van der Waals surface area contributed by atoms with Crippen molar-refractivity contribution in [3.63, 3.8) is 0 Å². The zero-order chi connectivity index (χ0) is 21.8. The van der Waals surface area contributed by atoms with Crippen LogP contribution in [0, 0.1) is 0 Å². The topological polar surface area (TPSA) is 77.0 Å². The molecule has 3 heterocycles. The maximum Gasteiger partial charge on any atom is 0.280 e. The van der Waals surface area contributed by atoms with E-state index in [0.717, 1.165) is 21.4 Å². The normalized spacial score (nSPS) is 10.8. The lowest BCUT2D eigenvalue weighted by molar-refractivity contribution is 0.0950. The molecule has 1 amide bonds. The number of benzene rings is 2. The summed E-state index contributed by atoms with van der Waals surface area (Å²) in [6.07, 6.45) is 5.16. The number of nitrogens with zero attached hydrogens (tertiary/aromatic N) is 3. The van der Waals surface area contributed by atoms with Gasteiger partial charge in [-0.3, -0.25) is 9.78 Å². The highest BCUT2D eigenvalue weighted by Crippen LogP contribution is 2.37. The van der Waals surface area contributed by atoms with Crippen LogP contribution in [0.1, 0.15) is 15.4 Å². The average Bonchev–Trinajstić information content (AvgIpc) is 3.29. The number of amides is 1. The molecule has 0 atom stereocenters. The maximum atomic E-state index is 12.8. The summed E-state index contributed by atoms with van der Waals surface area (Å²) in [4.78, 5) is 25.7. The summed E-state index contributed by atoms with van der Waals surface area (Å²) in [7, 11) is 0. The number of fused-ring (bicyclic) bond motifs is 1. The maximum absolute atomic E-state index is 12.8. The summed E-state index contributed by atoms with van der Waals surface area (Å²) in [6, 6.07) is 23.0. The minimum absolute atomic E-state index is 0.218. The molecule has 2 aromatic carbocycles. The zero-order valence-corrected chi connectivity index (χ0v) is 17.8. The van der Waals surface area contributed by atoms with Crippen molar-refractivity contribution in [1.82, 2.24) is 20.3 Å². The molecule has 0 aliphatic carbocycles. The molecule has 3 aromatic heterocycles. The molecular formula is C25H18N4O2S. The molecule has 6 nitrogen and oxygen atoms in total. The Kier molecular flexibility index (Phi) is 5.55. The van der Waals surface area contributed by atoms with Crippen molar-refractivity contribution in [2.24, 2.45) is 0 Å². The van der Waals surface area contributed by atoms with Gasteiger partial charge < -0.3 is 10.1 Å². The molecular weight excluding hydrogens is 420 g/mol. The van der Waals surface area contributed by atoms with E-state index in [-0.39, 0.29) is 5.91 Å². The van der Waals surface area contributed by atoms with Gasteiger partial charge >= 0.3 is 0 Å². The van der Waals surface area contributed by atoms with Crippen molar-refractivity contribution in [1.29, 1.82) is 0 Å². The van der Waals surface area contributed by atoms with E-state index in [9.17, 15) is 4.79 Å². The average molecular weight is 439 g/mol. The van der Waals surface area contributed by atoms with Crippen molar-refractivity contribution < 1.29 is 9.53 Å². The van der Waals surface area contributed by atoms with Crippen molar-refractivity contribution >= 4 is 27.5 Å². The fourth-order valence-corrected chi connectivity index (χ4v) is 4.20. The number of ether oxygens (including phenoxy) is 1. The molecule has 0 saturated heterocycles. The predicted molar refractivity (Wildman–Crippen MR) is 125 cm³/mol. The lowest BCUT2D eigenvalue weighted by Crippen LogP contribution is -2.22. The summed E-state index contributed by atoms with van der Waals surface area (Å²) in [5.41, 5.74) is 3.60. The first-order chi connectivity index (χ1) is 15.8. The molecule has 0 unspecified atom stereocenters. The zero-order valence-electron chi connectivity index (χ0n) is 16.9. The number of thiazole rings is 1. The molecule has 0 aliphatic heterocycles.